The molecule has 2 heterocycles. The molecule has 1 amide bonds. The summed E-state index contributed by atoms with van der Waals surface area (Å²) in [6, 6.07) is 3.96. The van der Waals surface area contributed by atoms with Crippen molar-refractivity contribution in [3.63, 3.8) is 0 Å². The molecule has 0 saturated carbocycles. The second-order valence-corrected chi connectivity index (χ2v) is 8.47. The molecule has 2 aromatic heterocycles. The second kappa shape index (κ2) is 9.33. The largest absolute Gasteiger partial charge is 0.444 e. The van der Waals surface area contributed by atoms with Gasteiger partial charge < -0.3 is 10.1 Å². The number of alkyl carbamates (subject to hydrolysis) is 1. The lowest BCUT2D eigenvalue weighted by molar-refractivity contribution is 0.0501. The summed E-state index contributed by atoms with van der Waals surface area (Å²) < 4.78 is 5.40. The van der Waals surface area contributed by atoms with Crippen LogP contribution in [0.25, 0.3) is 0 Å². The second-order valence-electron chi connectivity index (χ2n) is 7.26. The van der Waals surface area contributed by atoms with Crippen molar-refractivity contribution in [1.82, 2.24) is 15.3 Å². The van der Waals surface area contributed by atoms with Gasteiger partial charge in [0.15, 0.2) is 0 Å². The SMILES string of the molecule is Cc1ccc(C[C@@H](CCc2nc(CCl)cs2)NC(=O)OC(C)(C)C)cn1. The van der Waals surface area contributed by atoms with Crippen molar-refractivity contribution in [2.24, 2.45) is 0 Å². The van der Waals surface area contributed by atoms with Crippen LogP contribution in [-0.2, 0) is 23.5 Å². The summed E-state index contributed by atoms with van der Waals surface area (Å²) in [5.41, 5.74) is 2.43. The predicted molar refractivity (Wildman–Crippen MR) is 106 cm³/mol. The summed E-state index contributed by atoms with van der Waals surface area (Å²) >= 11 is 7.42. The van der Waals surface area contributed by atoms with Crippen LogP contribution in [0.3, 0.4) is 0 Å². The van der Waals surface area contributed by atoms with Crippen LogP contribution in [0, 0.1) is 6.92 Å². The number of ether oxygens (including phenoxy) is 1. The quantitative estimate of drug-likeness (QED) is 0.693. The molecule has 0 saturated heterocycles. The van der Waals surface area contributed by atoms with Crippen LogP contribution in [0.1, 0.15) is 49.2 Å². The third-order valence-electron chi connectivity index (χ3n) is 3.62. The number of aryl methyl sites for hydroxylation is 2. The summed E-state index contributed by atoms with van der Waals surface area (Å²) in [7, 11) is 0. The Morgan fingerprint density at radius 3 is 2.73 bits per heavy atom. The van der Waals surface area contributed by atoms with E-state index in [9.17, 15) is 4.79 Å². The van der Waals surface area contributed by atoms with Gasteiger partial charge in [-0.2, -0.15) is 0 Å². The van der Waals surface area contributed by atoms with E-state index in [-0.39, 0.29) is 6.04 Å². The molecular weight excluding hydrogens is 370 g/mol. The molecule has 0 aromatic carbocycles. The Hall–Kier alpha value is -1.66. The number of halogens is 1. The molecule has 7 heteroatoms. The van der Waals surface area contributed by atoms with Crippen molar-refractivity contribution >= 4 is 29.0 Å². The maximum atomic E-state index is 12.2. The average Bonchev–Trinajstić information content (AvgIpc) is 3.01. The van der Waals surface area contributed by atoms with E-state index < -0.39 is 11.7 Å². The topological polar surface area (TPSA) is 64.1 Å². The number of aromatic nitrogens is 2. The Morgan fingerprint density at radius 1 is 1.38 bits per heavy atom. The molecule has 0 aliphatic rings. The molecule has 0 unspecified atom stereocenters. The van der Waals surface area contributed by atoms with Crippen molar-refractivity contribution in [3.05, 3.63) is 45.7 Å². The first-order chi connectivity index (χ1) is 12.2. The maximum absolute atomic E-state index is 12.2. The van der Waals surface area contributed by atoms with Crippen molar-refractivity contribution in [1.29, 1.82) is 0 Å². The molecule has 0 bridgehead atoms. The van der Waals surface area contributed by atoms with E-state index in [1.807, 2.05) is 51.4 Å². The zero-order valence-corrected chi connectivity index (χ0v) is 17.3. The number of rotatable bonds is 7. The van der Waals surface area contributed by atoms with Crippen LogP contribution >= 0.6 is 22.9 Å². The molecule has 2 rings (SSSR count). The third-order valence-corrected chi connectivity index (χ3v) is 4.85. The number of nitrogens with zero attached hydrogens (tertiary/aromatic N) is 2. The van der Waals surface area contributed by atoms with Gasteiger partial charge in [-0.25, -0.2) is 9.78 Å². The van der Waals surface area contributed by atoms with Crippen LogP contribution in [0.5, 0.6) is 0 Å². The number of thiazole rings is 1. The van der Waals surface area contributed by atoms with Crippen molar-refractivity contribution < 1.29 is 9.53 Å². The highest BCUT2D eigenvalue weighted by atomic mass is 35.5. The summed E-state index contributed by atoms with van der Waals surface area (Å²) in [6.07, 6.45) is 3.70. The van der Waals surface area contributed by atoms with Gasteiger partial charge in [0.25, 0.3) is 0 Å². The highest BCUT2D eigenvalue weighted by molar-refractivity contribution is 7.09. The van der Waals surface area contributed by atoms with E-state index in [1.54, 1.807) is 11.3 Å². The molecule has 142 valence electrons. The van der Waals surface area contributed by atoms with Crippen LogP contribution in [-0.4, -0.2) is 27.7 Å². The molecule has 0 radical (unpaired) electrons. The molecule has 0 fully saturated rings. The summed E-state index contributed by atoms with van der Waals surface area (Å²) in [4.78, 5) is 21.0. The lowest BCUT2D eigenvalue weighted by Crippen LogP contribution is -2.40. The number of alkyl halides is 1. The van der Waals surface area contributed by atoms with Crippen molar-refractivity contribution in [2.45, 2.75) is 64.5 Å². The van der Waals surface area contributed by atoms with E-state index in [1.165, 1.54) is 0 Å². The number of pyridine rings is 1. The normalized spacial score (nSPS) is 12.7. The number of carbonyl (C=O) groups excluding carboxylic acids is 1. The number of amides is 1. The fourth-order valence-electron chi connectivity index (χ4n) is 2.43. The molecule has 0 spiro atoms. The van der Waals surface area contributed by atoms with Crippen LogP contribution in [0.2, 0.25) is 0 Å². The lowest BCUT2D eigenvalue weighted by Gasteiger charge is -2.23. The van der Waals surface area contributed by atoms with Gasteiger partial charge in [0, 0.05) is 29.7 Å². The van der Waals surface area contributed by atoms with E-state index >= 15 is 0 Å². The van der Waals surface area contributed by atoms with Crippen molar-refractivity contribution in [3.8, 4) is 0 Å². The Morgan fingerprint density at radius 2 is 2.15 bits per heavy atom. The van der Waals surface area contributed by atoms with Gasteiger partial charge in [0.05, 0.1) is 16.6 Å². The zero-order chi connectivity index (χ0) is 19.2. The number of carbonyl (C=O) groups is 1. The molecule has 2 aromatic rings. The third kappa shape index (κ3) is 7.30. The fourth-order valence-corrected chi connectivity index (χ4v) is 3.47. The number of nitrogens with one attached hydrogen (secondary N) is 1. The molecule has 0 aliphatic heterocycles. The molecule has 5 nitrogen and oxygen atoms in total. The maximum Gasteiger partial charge on any atom is 0.407 e. The van der Waals surface area contributed by atoms with E-state index in [0.29, 0.717) is 12.3 Å². The van der Waals surface area contributed by atoms with Gasteiger partial charge in [-0.15, -0.1) is 22.9 Å². The fraction of sp³-hybridized carbons (Fsp3) is 0.526. The van der Waals surface area contributed by atoms with Gasteiger partial charge >= 0.3 is 6.09 Å². The minimum Gasteiger partial charge on any atom is -0.444 e. The molecule has 0 aliphatic carbocycles. The monoisotopic (exact) mass is 395 g/mol. The van der Waals surface area contributed by atoms with Gasteiger partial charge in [-0.05, 0) is 52.2 Å². The van der Waals surface area contributed by atoms with Crippen LogP contribution in [0.15, 0.2) is 23.7 Å². The minimum absolute atomic E-state index is 0.0577. The van der Waals surface area contributed by atoms with Crippen molar-refractivity contribution in [2.75, 3.05) is 0 Å². The molecular formula is C19H26ClN3O2S. The first-order valence-electron chi connectivity index (χ1n) is 8.65. The Balaban J connectivity index is 2.01. The standard InChI is InChI=1S/C19H26ClN3O2S/c1-13-5-6-14(11-21-13)9-15(23-18(24)25-19(2,3)4)7-8-17-22-16(10-20)12-26-17/h5-6,11-12,15H,7-10H2,1-4H3,(H,23,24)/t15-/m1/s1. The number of hydrogen-bond donors (Lipinski definition) is 1. The highest BCUT2D eigenvalue weighted by Gasteiger charge is 2.20. The first-order valence-corrected chi connectivity index (χ1v) is 10.1. The molecule has 26 heavy (non-hydrogen) atoms. The summed E-state index contributed by atoms with van der Waals surface area (Å²) in [6.45, 7) is 7.52. The van der Waals surface area contributed by atoms with Gasteiger partial charge in [-0.1, -0.05) is 6.07 Å². The molecule has 1 N–H and O–H groups in total. The smallest absolute Gasteiger partial charge is 0.407 e. The highest BCUT2D eigenvalue weighted by Crippen LogP contribution is 2.16. The Bertz CT molecular complexity index is 710. The molecule has 1 atom stereocenters. The number of hydrogen-bond acceptors (Lipinski definition) is 5. The predicted octanol–water partition coefficient (Wildman–Crippen LogP) is 4.65. The van der Waals surface area contributed by atoms with Crippen LogP contribution < -0.4 is 5.32 Å². The zero-order valence-electron chi connectivity index (χ0n) is 15.7. The Kier molecular flexibility index (Phi) is 7.41. The minimum atomic E-state index is -0.523. The van der Waals surface area contributed by atoms with E-state index in [0.717, 1.165) is 34.8 Å². The average molecular weight is 396 g/mol. The van der Waals surface area contributed by atoms with Gasteiger partial charge in [0.1, 0.15) is 5.60 Å². The van der Waals surface area contributed by atoms with E-state index in [2.05, 4.69) is 15.3 Å². The summed E-state index contributed by atoms with van der Waals surface area (Å²) in [5, 5.41) is 5.99. The Labute approximate surface area is 164 Å². The van der Waals surface area contributed by atoms with Gasteiger partial charge in [-0.3, -0.25) is 4.98 Å². The van der Waals surface area contributed by atoms with E-state index in [4.69, 9.17) is 16.3 Å². The summed E-state index contributed by atoms with van der Waals surface area (Å²) in [5.74, 6) is 0.422. The first kappa shape index (κ1) is 20.6. The van der Waals surface area contributed by atoms with Crippen LogP contribution in [0.4, 0.5) is 4.79 Å². The van der Waals surface area contributed by atoms with Gasteiger partial charge in [0.2, 0.25) is 0 Å². The lowest BCUT2D eigenvalue weighted by atomic mass is 10.0.